The highest BCUT2D eigenvalue weighted by atomic mass is 32.2. The Balaban J connectivity index is 2.66. The van der Waals surface area contributed by atoms with Gasteiger partial charge in [0.05, 0.1) is 25.6 Å². The normalized spacial score (nSPS) is 14.9. The quantitative estimate of drug-likeness (QED) is 0.593. The first kappa shape index (κ1) is 12.6. The van der Waals surface area contributed by atoms with Gasteiger partial charge in [-0.25, -0.2) is 0 Å². The number of aliphatic hydroxyl groups excluding tert-OH is 1. The number of likely N-dealkylation sites (N-methyl/N-ethyl adjacent to an activating group) is 1. The molecule has 0 aliphatic rings. The van der Waals surface area contributed by atoms with E-state index in [9.17, 15) is 0 Å². The van der Waals surface area contributed by atoms with Gasteiger partial charge in [-0.1, -0.05) is 37.3 Å². The van der Waals surface area contributed by atoms with Gasteiger partial charge >= 0.3 is 0 Å². The minimum Gasteiger partial charge on any atom is -0.390 e. The van der Waals surface area contributed by atoms with Crippen LogP contribution in [0, 0.1) is 0 Å². The second-order valence-corrected chi connectivity index (χ2v) is 5.52. The fourth-order valence-electron chi connectivity index (χ4n) is 1.68. The largest absolute Gasteiger partial charge is 0.390 e. The van der Waals surface area contributed by atoms with Crippen LogP contribution in [0.1, 0.15) is 12.5 Å². The van der Waals surface area contributed by atoms with Crippen LogP contribution < -0.4 is 0 Å². The molecule has 1 N–H and O–H groups in total. The summed E-state index contributed by atoms with van der Waals surface area (Å²) in [6.07, 6.45) is 0. The molecule has 0 aromatic heterocycles. The molecule has 1 aromatic carbocycles. The summed E-state index contributed by atoms with van der Waals surface area (Å²) < 4.78 is 0.844. The third-order valence-corrected chi connectivity index (χ3v) is 3.57. The van der Waals surface area contributed by atoms with E-state index in [-0.39, 0.29) is 6.61 Å². The molecular weight excluding hydrogens is 206 g/mol. The molecule has 0 fully saturated rings. The number of benzene rings is 1. The Morgan fingerprint density at radius 3 is 2.47 bits per heavy atom. The van der Waals surface area contributed by atoms with Crippen molar-refractivity contribution in [2.24, 2.45) is 0 Å². The zero-order valence-electron chi connectivity index (χ0n) is 9.52. The van der Waals surface area contributed by atoms with Gasteiger partial charge in [0.2, 0.25) is 0 Å². The standard InChI is InChI=1S/C12H20NOS/c1-3-15-13(2,9-10-14)11-12-7-5-4-6-8-12/h4-8,14H,3,9-11H2,1-2H3/q+1. The average molecular weight is 226 g/mol. The number of hydrogen-bond acceptors (Lipinski definition) is 2. The number of quaternary nitrogens is 1. The Hall–Kier alpha value is -0.510. The molecule has 1 unspecified atom stereocenters. The van der Waals surface area contributed by atoms with E-state index >= 15 is 0 Å². The molecule has 3 heteroatoms. The monoisotopic (exact) mass is 226 g/mol. The second kappa shape index (κ2) is 6.16. The van der Waals surface area contributed by atoms with Crippen molar-refractivity contribution >= 4 is 11.9 Å². The van der Waals surface area contributed by atoms with Crippen molar-refractivity contribution in [2.45, 2.75) is 13.5 Å². The van der Waals surface area contributed by atoms with Crippen LogP contribution in [0.2, 0.25) is 0 Å². The molecule has 0 radical (unpaired) electrons. The second-order valence-electron chi connectivity index (χ2n) is 3.81. The van der Waals surface area contributed by atoms with Crippen molar-refractivity contribution in [3.05, 3.63) is 35.9 Å². The minimum absolute atomic E-state index is 0.246. The molecule has 0 amide bonds. The molecule has 0 saturated carbocycles. The lowest BCUT2D eigenvalue weighted by molar-refractivity contribution is -0.788. The highest BCUT2D eigenvalue weighted by Crippen LogP contribution is 2.23. The zero-order chi connectivity index (χ0) is 11.1. The van der Waals surface area contributed by atoms with E-state index < -0.39 is 0 Å². The minimum atomic E-state index is 0.246. The lowest BCUT2D eigenvalue weighted by atomic mass is 10.2. The van der Waals surface area contributed by atoms with Crippen LogP contribution in [-0.4, -0.2) is 34.9 Å². The van der Waals surface area contributed by atoms with E-state index in [0.29, 0.717) is 0 Å². The van der Waals surface area contributed by atoms with Crippen molar-refractivity contribution in [3.8, 4) is 0 Å². The Kier molecular flexibility index (Phi) is 5.15. The molecule has 15 heavy (non-hydrogen) atoms. The third-order valence-electron chi connectivity index (χ3n) is 2.37. The van der Waals surface area contributed by atoms with Crippen LogP contribution in [-0.2, 0) is 6.54 Å². The summed E-state index contributed by atoms with van der Waals surface area (Å²) in [7, 11) is 2.18. The average Bonchev–Trinajstić information content (AvgIpc) is 2.19. The third kappa shape index (κ3) is 4.24. The molecule has 0 saturated heterocycles. The highest BCUT2D eigenvalue weighted by Gasteiger charge is 2.22. The van der Waals surface area contributed by atoms with E-state index in [0.717, 1.165) is 22.7 Å². The summed E-state index contributed by atoms with van der Waals surface area (Å²) in [5.74, 6) is 1.07. The maximum Gasteiger partial charge on any atom is 0.115 e. The van der Waals surface area contributed by atoms with Gasteiger partial charge in [0.25, 0.3) is 0 Å². The summed E-state index contributed by atoms with van der Waals surface area (Å²) in [5.41, 5.74) is 1.33. The van der Waals surface area contributed by atoms with Crippen LogP contribution in [0.25, 0.3) is 0 Å². The summed E-state index contributed by atoms with van der Waals surface area (Å²) in [4.78, 5) is 0. The predicted molar refractivity (Wildman–Crippen MR) is 66.4 cm³/mol. The van der Waals surface area contributed by atoms with Gasteiger partial charge in [-0.05, 0) is 0 Å². The smallest absolute Gasteiger partial charge is 0.115 e. The van der Waals surface area contributed by atoms with Crippen LogP contribution in [0.15, 0.2) is 30.3 Å². The van der Waals surface area contributed by atoms with Crippen molar-refractivity contribution < 1.29 is 8.99 Å². The Labute approximate surface area is 96.6 Å². The molecule has 0 bridgehead atoms. The van der Waals surface area contributed by atoms with Gasteiger partial charge in [-0.3, -0.25) is 3.89 Å². The summed E-state index contributed by atoms with van der Waals surface area (Å²) >= 11 is 1.88. The molecule has 84 valence electrons. The van der Waals surface area contributed by atoms with Crippen LogP contribution in [0.5, 0.6) is 0 Å². The van der Waals surface area contributed by atoms with Crippen molar-refractivity contribution in [1.82, 2.24) is 0 Å². The van der Waals surface area contributed by atoms with E-state index in [4.69, 9.17) is 5.11 Å². The first-order valence-corrected chi connectivity index (χ1v) is 6.28. The summed E-state index contributed by atoms with van der Waals surface area (Å²) in [6, 6.07) is 10.4. The van der Waals surface area contributed by atoms with Crippen LogP contribution in [0.3, 0.4) is 0 Å². The molecule has 1 aromatic rings. The van der Waals surface area contributed by atoms with Gasteiger partial charge < -0.3 is 5.11 Å². The number of aliphatic hydroxyl groups is 1. The van der Waals surface area contributed by atoms with Crippen molar-refractivity contribution in [1.29, 1.82) is 0 Å². The topological polar surface area (TPSA) is 20.2 Å². The van der Waals surface area contributed by atoms with Gasteiger partial charge in [0.1, 0.15) is 13.1 Å². The van der Waals surface area contributed by atoms with Gasteiger partial charge in [-0.15, -0.1) is 0 Å². The van der Waals surface area contributed by atoms with Crippen molar-refractivity contribution in [3.63, 3.8) is 0 Å². The van der Waals surface area contributed by atoms with Gasteiger partial charge in [0.15, 0.2) is 0 Å². The highest BCUT2D eigenvalue weighted by molar-refractivity contribution is 7.93. The maximum atomic E-state index is 9.08. The number of rotatable bonds is 6. The first-order chi connectivity index (χ1) is 7.20. The molecule has 0 aliphatic heterocycles. The summed E-state index contributed by atoms with van der Waals surface area (Å²) in [5, 5.41) is 9.08. The Bertz CT molecular complexity index is 270. The molecule has 1 rings (SSSR count). The van der Waals surface area contributed by atoms with Crippen molar-refractivity contribution in [2.75, 3.05) is 26.0 Å². The Morgan fingerprint density at radius 1 is 1.27 bits per heavy atom. The van der Waals surface area contributed by atoms with Crippen LogP contribution >= 0.6 is 11.9 Å². The molecular formula is C12H20NOS+. The number of nitrogens with zero attached hydrogens (tertiary/aromatic N) is 1. The van der Waals surface area contributed by atoms with Crippen LogP contribution in [0.4, 0.5) is 0 Å². The fourth-order valence-corrected chi connectivity index (χ4v) is 2.76. The Morgan fingerprint density at radius 2 is 1.93 bits per heavy atom. The molecule has 0 spiro atoms. The lowest BCUT2D eigenvalue weighted by Gasteiger charge is -2.30. The van der Waals surface area contributed by atoms with E-state index in [1.807, 2.05) is 18.0 Å². The van der Waals surface area contributed by atoms with E-state index in [1.165, 1.54) is 5.56 Å². The van der Waals surface area contributed by atoms with E-state index in [2.05, 4.69) is 38.2 Å². The van der Waals surface area contributed by atoms with Gasteiger partial charge in [0, 0.05) is 11.3 Å². The van der Waals surface area contributed by atoms with Gasteiger partial charge in [-0.2, -0.15) is 0 Å². The fraction of sp³-hybridized carbons (Fsp3) is 0.500. The SMILES string of the molecule is CCS[N+](C)(CCO)Cc1ccccc1. The molecule has 0 aliphatic carbocycles. The predicted octanol–water partition coefficient (Wildman–Crippen LogP) is 2.29. The van der Waals surface area contributed by atoms with E-state index in [1.54, 1.807) is 0 Å². The summed E-state index contributed by atoms with van der Waals surface area (Å²) in [6.45, 7) is 4.17. The molecule has 2 nitrogen and oxygen atoms in total. The maximum absolute atomic E-state index is 9.08. The molecule has 0 heterocycles. The lowest BCUT2D eigenvalue weighted by Crippen LogP contribution is -2.38. The molecule has 1 atom stereocenters. The number of hydrogen-bond donors (Lipinski definition) is 1. The zero-order valence-corrected chi connectivity index (χ0v) is 10.3. The first-order valence-electron chi connectivity index (χ1n) is 5.34.